The number of nitrogens with one attached hydrogen (secondary N) is 2. The van der Waals surface area contributed by atoms with Crippen molar-refractivity contribution < 1.29 is 23.4 Å². The van der Waals surface area contributed by atoms with E-state index in [1.165, 1.54) is 6.08 Å². The van der Waals surface area contributed by atoms with E-state index in [0.29, 0.717) is 42.7 Å². The lowest BCUT2D eigenvalue weighted by molar-refractivity contribution is 0.0497. The molecule has 0 bridgehead atoms. The highest BCUT2D eigenvalue weighted by Gasteiger charge is 2.26. The van der Waals surface area contributed by atoms with Crippen LogP contribution in [0.1, 0.15) is 66.4 Å². The van der Waals surface area contributed by atoms with Crippen LogP contribution in [0.15, 0.2) is 40.8 Å². The number of fused-ring (bicyclic) bond motifs is 2. The molecule has 3 aliphatic rings. The molecule has 8 nitrogen and oxygen atoms in total. The van der Waals surface area contributed by atoms with Gasteiger partial charge in [0.1, 0.15) is 29.6 Å². The normalized spacial score (nSPS) is 20.3. The Morgan fingerprint density at radius 1 is 1.20 bits per heavy atom. The molecule has 214 valence electrons. The number of H-pyrrole nitrogens is 1. The zero-order chi connectivity index (χ0) is 27.6. The van der Waals surface area contributed by atoms with Crippen LogP contribution >= 0.6 is 0 Å². The number of furan rings is 1. The molecule has 3 N–H and O–H groups in total. The average molecular weight is 551 g/mol. The van der Waals surface area contributed by atoms with Crippen LogP contribution in [0.3, 0.4) is 0 Å². The van der Waals surface area contributed by atoms with Gasteiger partial charge in [0.15, 0.2) is 0 Å². The lowest BCUT2D eigenvalue weighted by atomic mass is 10.0. The number of aromatic amines is 1. The highest BCUT2D eigenvalue weighted by Crippen LogP contribution is 2.31. The maximum absolute atomic E-state index is 13.6. The van der Waals surface area contributed by atoms with Crippen LogP contribution in [0.25, 0.3) is 17.0 Å². The molecule has 9 heteroatoms. The highest BCUT2D eigenvalue weighted by atomic mass is 19.1. The van der Waals surface area contributed by atoms with Crippen LogP contribution in [0.4, 0.5) is 4.39 Å². The van der Waals surface area contributed by atoms with Gasteiger partial charge in [-0.15, -0.1) is 0 Å². The lowest BCUT2D eigenvalue weighted by Gasteiger charge is -2.39. The molecular formula is C31H39FN4O4. The van der Waals surface area contributed by atoms with E-state index in [-0.39, 0.29) is 23.9 Å². The molecule has 1 atom stereocenters. The molecule has 2 aromatic heterocycles. The van der Waals surface area contributed by atoms with E-state index in [1.54, 1.807) is 6.26 Å². The Hall–Kier alpha value is -3.14. The second-order valence-corrected chi connectivity index (χ2v) is 11.5. The first-order valence-corrected chi connectivity index (χ1v) is 14.6. The maximum atomic E-state index is 13.6. The van der Waals surface area contributed by atoms with Crippen LogP contribution in [-0.4, -0.2) is 76.7 Å². The summed E-state index contributed by atoms with van der Waals surface area (Å²) in [5.41, 5.74) is 3.28. The molecule has 0 radical (unpaired) electrons. The molecule has 4 heterocycles. The minimum atomic E-state index is -0.160. The summed E-state index contributed by atoms with van der Waals surface area (Å²) >= 11 is 0. The molecular weight excluding hydrogens is 511 g/mol. The summed E-state index contributed by atoms with van der Waals surface area (Å²) in [6, 6.07) is 8.22. The quantitative estimate of drug-likeness (QED) is 0.379. The Bertz CT molecular complexity index is 1360. The molecule has 3 aromatic rings. The van der Waals surface area contributed by atoms with Crippen molar-refractivity contribution in [3.8, 4) is 5.75 Å². The van der Waals surface area contributed by atoms with Gasteiger partial charge in [-0.25, -0.2) is 4.39 Å². The number of nitrogens with zero attached hydrogens (tertiary/aromatic N) is 2. The molecule has 0 saturated carbocycles. The van der Waals surface area contributed by atoms with Crippen LogP contribution < -0.4 is 10.1 Å². The number of rotatable bonds is 8. The van der Waals surface area contributed by atoms with Crippen molar-refractivity contribution in [2.24, 2.45) is 0 Å². The number of piperidine rings is 2. The number of carbonyl (C=O) groups is 1. The number of allylic oxidation sites excluding steroid dienone is 1. The zero-order valence-corrected chi connectivity index (χ0v) is 23.1. The van der Waals surface area contributed by atoms with Crippen molar-refractivity contribution in [3.05, 3.63) is 58.9 Å². The van der Waals surface area contributed by atoms with Crippen molar-refractivity contribution in [3.63, 3.8) is 0 Å². The van der Waals surface area contributed by atoms with Crippen molar-refractivity contribution in [1.82, 2.24) is 20.1 Å². The average Bonchev–Trinajstić information content (AvgIpc) is 3.57. The first-order valence-electron chi connectivity index (χ1n) is 14.6. The summed E-state index contributed by atoms with van der Waals surface area (Å²) in [4.78, 5) is 21.4. The number of aromatic nitrogens is 1. The smallest absolute Gasteiger partial charge is 0.267 e. The second kappa shape index (κ2) is 11.8. The molecule has 0 spiro atoms. The molecule has 40 heavy (non-hydrogen) atoms. The third-order valence-electron chi connectivity index (χ3n) is 8.73. The number of likely N-dealkylation sites (tertiary alicyclic amines) is 2. The third-order valence-corrected chi connectivity index (χ3v) is 8.73. The predicted molar refractivity (Wildman–Crippen MR) is 152 cm³/mol. The summed E-state index contributed by atoms with van der Waals surface area (Å²) in [6.45, 7) is 7.49. The van der Waals surface area contributed by atoms with Crippen molar-refractivity contribution in [2.45, 2.75) is 70.2 Å². The van der Waals surface area contributed by atoms with E-state index in [2.05, 4.69) is 27.0 Å². The number of ether oxygens (including phenoxy) is 1. The summed E-state index contributed by atoms with van der Waals surface area (Å²) in [5, 5.41) is 13.9. The molecule has 2 fully saturated rings. The fourth-order valence-corrected chi connectivity index (χ4v) is 6.29. The largest absolute Gasteiger partial charge is 0.488 e. The van der Waals surface area contributed by atoms with Gasteiger partial charge in [0.05, 0.1) is 12.4 Å². The van der Waals surface area contributed by atoms with E-state index in [0.717, 1.165) is 80.4 Å². The Kier molecular flexibility index (Phi) is 7.96. The fourth-order valence-electron chi connectivity index (χ4n) is 6.29. The fraction of sp³-hybridized carbons (Fsp3) is 0.516. The number of carbonyl (C=O) groups excluding carboxylic acids is 1. The summed E-state index contributed by atoms with van der Waals surface area (Å²) in [5.74, 6) is 1.00. The van der Waals surface area contributed by atoms with Crippen LogP contribution in [0, 0.1) is 0 Å². The van der Waals surface area contributed by atoms with E-state index in [9.17, 15) is 14.3 Å². The Labute approximate surface area is 234 Å². The predicted octanol–water partition coefficient (Wildman–Crippen LogP) is 4.64. The molecule has 2 aliphatic heterocycles. The minimum absolute atomic E-state index is 0.0986. The van der Waals surface area contributed by atoms with Gasteiger partial charge >= 0.3 is 0 Å². The molecule has 0 unspecified atom stereocenters. The summed E-state index contributed by atoms with van der Waals surface area (Å²) in [7, 11) is 0. The number of aliphatic hydroxyl groups is 1. The van der Waals surface area contributed by atoms with Gasteiger partial charge in [-0.3, -0.25) is 9.69 Å². The van der Waals surface area contributed by atoms with E-state index in [1.807, 2.05) is 24.3 Å². The lowest BCUT2D eigenvalue weighted by Crippen LogP contribution is -2.50. The van der Waals surface area contributed by atoms with Crippen molar-refractivity contribution >= 4 is 22.9 Å². The van der Waals surface area contributed by atoms with Gasteiger partial charge in [0.2, 0.25) is 0 Å². The van der Waals surface area contributed by atoms with Gasteiger partial charge in [0, 0.05) is 79.3 Å². The Morgan fingerprint density at radius 2 is 2.00 bits per heavy atom. The maximum Gasteiger partial charge on any atom is 0.267 e. The SMILES string of the molecule is C[C@@H](CN1CCC(NC(=O)c2cc3c(OCc4coc5c4CCC(F)=C5)cccc3[nH]2)CC1)N1CCC(O)CC1. The van der Waals surface area contributed by atoms with Crippen molar-refractivity contribution in [1.29, 1.82) is 0 Å². The topological polar surface area (TPSA) is 94.0 Å². The standard InChI is InChI=1S/C31H39FN4O4/c1-20(36-13-9-24(37)10-14-36)17-35-11-7-23(8-12-35)33-31(38)28-16-26-27(34-28)3-2-4-29(26)39-18-21-19-40-30-15-22(32)5-6-25(21)30/h2-4,15-16,19-20,23-24,34,37H,5-14,17-18H2,1H3,(H,33,38)/t20-/m0/s1. The van der Waals surface area contributed by atoms with E-state index in [4.69, 9.17) is 9.15 Å². The molecule has 1 amide bonds. The van der Waals surface area contributed by atoms with Gasteiger partial charge in [0.25, 0.3) is 5.91 Å². The van der Waals surface area contributed by atoms with E-state index < -0.39 is 0 Å². The number of halogens is 1. The number of hydrogen-bond acceptors (Lipinski definition) is 6. The van der Waals surface area contributed by atoms with Crippen molar-refractivity contribution in [2.75, 3.05) is 32.7 Å². The number of benzene rings is 1. The van der Waals surface area contributed by atoms with Crippen LogP contribution in [-0.2, 0) is 13.0 Å². The highest BCUT2D eigenvalue weighted by molar-refractivity contribution is 5.99. The monoisotopic (exact) mass is 550 g/mol. The third kappa shape index (κ3) is 5.96. The van der Waals surface area contributed by atoms with Crippen LogP contribution in [0.2, 0.25) is 0 Å². The van der Waals surface area contributed by atoms with Gasteiger partial charge in [-0.2, -0.15) is 0 Å². The number of aliphatic hydroxyl groups excluding tert-OH is 1. The molecule has 1 aliphatic carbocycles. The van der Waals surface area contributed by atoms with Gasteiger partial charge < -0.3 is 29.5 Å². The molecule has 1 aromatic carbocycles. The number of hydrogen-bond donors (Lipinski definition) is 3. The van der Waals surface area contributed by atoms with E-state index >= 15 is 0 Å². The minimum Gasteiger partial charge on any atom is -0.488 e. The second-order valence-electron chi connectivity index (χ2n) is 11.5. The first kappa shape index (κ1) is 27.1. The molecule has 2 saturated heterocycles. The zero-order valence-electron chi connectivity index (χ0n) is 23.1. The Morgan fingerprint density at radius 3 is 2.80 bits per heavy atom. The summed E-state index contributed by atoms with van der Waals surface area (Å²) < 4.78 is 25.2. The Balaban J connectivity index is 1.02. The molecule has 6 rings (SSSR count). The number of amides is 1. The summed E-state index contributed by atoms with van der Waals surface area (Å²) in [6.07, 6.45) is 7.53. The van der Waals surface area contributed by atoms with Gasteiger partial charge in [-0.05, 0) is 57.2 Å². The van der Waals surface area contributed by atoms with Gasteiger partial charge in [-0.1, -0.05) is 6.07 Å². The van der Waals surface area contributed by atoms with Crippen LogP contribution in [0.5, 0.6) is 5.75 Å². The first-order chi connectivity index (χ1) is 19.4.